The van der Waals surface area contributed by atoms with E-state index in [-0.39, 0.29) is 6.42 Å². The van der Waals surface area contributed by atoms with E-state index in [0.717, 1.165) is 0 Å². The smallest absolute Gasteiger partial charge is 0.254 e. The van der Waals surface area contributed by atoms with Crippen LogP contribution in [0.15, 0.2) is 48.5 Å². The van der Waals surface area contributed by atoms with Gasteiger partial charge in [-0.25, -0.2) is 0 Å². The standard InChI is InChI=1S/C19H17N7O3/c1-11-23-24-25-26(11)13-6-4-5-12(9-13)20-17(27)10-16-19(29)21-15-8-3-2-7-14(15)18(28)22-16/h2-9,16H,10H2,1H3,(H,20,27)(H,21,29)(H,22,28)/t16-/m0/s1. The summed E-state index contributed by atoms with van der Waals surface area (Å²) in [5.41, 5.74) is 1.97. The first-order chi connectivity index (χ1) is 14.0. The number of nitrogens with one attached hydrogen (secondary N) is 3. The Labute approximate surface area is 165 Å². The summed E-state index contributed by atoms with van der Waals surface area (Å²) in [6.07, 6.45) is -0.209. The lowest BCUT2D eigenvalue weighted by Crippen LogP contribution is -2.43. The number of aromatic nitrogens is 4. The van der Waals surface area contributed by atoms with Crippen molar-refractivity contribution in [3.8, 4) is 5.69 Å². The molecular weight excluding hydrogens is 374 g/mol. The Morgan fingerprint density at radius 2 is 2.00 bits per heavy atom. The van der Waals surface area contributed by atoms with Crippen LogP contribution in [0.25, 0.3) is 5.69 Å². The molecule has 0 aliphatic carbocycles. The molecule has 3 N–H and O–H groups in total. The predicted octanol–water partition coefficient (Wildman–Crippen LogP) is 1.05. The van der Waals surface area contributed by atoms with Crippen molar-refractivity contribution < 1.29 is 14.4 Å². The molecule has 1 atom stereocenters. The van der Waals surface area contributed by atoms with Crippen LogP contribution in [0.5, 0.6) is 0 Å². The van der Waals surface area contributed by atoms with Gasteiger partial charge in [0.25, 0.3) is 5.91 Å². The molecule has 4 rings (SSSR count). The van der Waals surface area contributed by atoms with Crippen LogP contribution in [-0.2, 0) is 9.59 Å². The number of tetrazole rings is 1. The lowest BCUT2D eigenvalue weighted by molar-refractivity contribution is -0.122. The fourth-order valence-corrected chi connectivity index (χ4v) is 3.04. The molecule has 10 heteroatoms. The number of rotatable bonds is 4. The highest BCUT2D eigenvalue weighted by Gasteiger charge is 2.29. The molecule has 0 fully saturated rings. The number of anilines is 2. The van der Waals surface area contributed by atoms with Crippen LogP contribution in [0.2, 0.25) is 0 Å². The third kappa shape index (κ3) is 3.81. The lowest BCUT2D eigenvalue weighted by atomic mass is 10.1. The quantitative estimate of drug-likeness (QED) is 0.609. The zero-order valence-corrected chi connectivity index (χ0v) is 15.4. The van der Waals surface area contributed by atoms with Crippen molar-refractivity contribution in [2.75, 3.05) is 10.6 Å². The van der Waals surface area contributed by atoms with E-state index in [0.29, 0.717) is 28.5 Å². The normalized spacial score (nSPS) is 15.7. The number of benzene rings is 2. The highest BCUT2D eigenvalue weighted by Crippen LogP contribution is 2.19. The van der Waals surface area contributed by atoms with Gasteiger partial charge in [-0.1, -0.05) is 18.2 Å². The molecule has 2 aromatic carbocycles. The number of hydrogen-bond acceptors (Lipinski definition) is 6. The van der Waals surface area contributed by atoms with E-state index in [4.69, 9.17) is 0 Å². The van der Waals surface area contributed by atoms with Crippen molar-refractivity contribution in [1.29, 1.82) is 0 Å². The first-order valence-electron chi connectivity index (χ1n) is 8.87. The Hall–Kier alpha value is -4.08. The Morgan fingerprint density at radius 1 is 1.17 bits per heavy atom. The summed E-state index contributed by atoms with van der Waals surface area (Å²) >= 11 is 0. The summed E-state index contributed by atoms with van der Waals surface area (Å²) in [5, 5.41) is 19.3. The number of amides is 3. The predicted molar refractivity (Wildman–Crippen MR) is 103 cm³/mol. The van der Waals surface area contributed by atoms with E-state index in [1.807, 2.05) is 0 Å². The van der Waals surface area contributed by atoms with Crippen LogP contribution in [0, 0.1) is 6.92 Å². The van der Waals surface area contributed by atoms with Gasteiger partial charge in [-0.05, 0) is 47.7 Å². The van der Waals surface area contributed by atoms with Crippen molar-refractivity contribution in [2.45, 2.75) is 19.4 Å². The molecule has 1 aliphatic rings. The van der Waals surface area contributed by atoms with Gasteiger partial charge in [0.15, 0.2) is 5.82 Å². The molecule has 10 nitrogen and oxygen atoms in total. The van der Waals surface area contributed by atoms with Crippen LogP contribution in [-0.4, -0.2) is 44.0 Å². The Morgan fingerprint density at radius 3 is 2.79 bits per heavy atom. The van der Waals surface area contributed by atoms with Gasteiger partial charge < -0.3 is 16.0 Å². The molecule has 0 saturated carbocycles. The summed E-state index contributed by atoms with van der Waals surface area (Å²) in [5.74, 6) is -0.669. The molecule has 0 bridgehead atoms. The van der Waals surface area contributed by atoms with Gasteiger partial charge in [0.1, 0.15) is 6.04 Å². The van der Waals surface area contributed by atoms with Crippen molar-refractivity contribution in [3.63, 3.8) is 0 Å². The van der Waals surface area contributed by atoms with Crippen LogP contribution >= 0.6 is 0 Å². The first-order valence-corrected chi connectivity index (χ1v) is 8.87. The molecule has 1 aliphatic heterocycles. The van der Waals surface area contributed by atoms with Crippen molar-refractivity contribution in [3.05, 3.63) is 59.9 Å². The topological polar surface area (TPSA) is 131 Å². The molecule has 3 aromatic rings. The van der Waals surface area contributed by atoms with E-state index in [9.17, 15) is 14.4 Å². The lowest BCUT2D eigenvalue weighted by Gasteiger charge is -2.14. The minimum Gasteiger partial charge on any atom is -0.340 e. The fraction of sp³-hybridized carbons (Fsp3) is 0.158. The number of carbonyl (C=O) groups is 3. The summed E-state index contributed by atoms with van der Waals surface area (Å²) in [6, 6.07) is 12.7. The number of aryl methyl sites for hydroxylation is 1. The SMILES string of the molecule is Cc1nnnn1-c1cccc(NC(=O)C[C@@H]2NC(=O)c3ccccc3NC2=O)c1. The zero-order valence-electron chi connectivity index (χ0n) is 15.4. The molecule has 3 amide bonds. The average Bonchev–Trinajstić information content (AvgIpc) is 3.09. The monoisotopic (exact) mass is 391 g/mol. The summed E-state index contributed by atoms with van der Waals surface area (Å²) < 4.78 is 1.53. The van der Waals surface area contributed by atoms with Gasteiger partial charge >= 0.3 is 0 Å². The van der Waals surface area contributed by atoms with Gasteiger partial charge in [0.05, 0.1) is 23.4 Å². The van der Waals surface area contributed by atoms with Crippen LogP contribution in [0.4, 0.5) is 11.4 Å². The molecule has 1 aromatic heterocycles. The maximum atomic E-state index is 12.5. The van der Waals surface area contributed by atoms with E-state index in [2.05, 4.69) is 31.5 Å². The van der Waals surface area contributed by atoms with E-state index < -0.39 is 23.8 Å². The van der Waals surface area contributed by atoms with Gasteiger partial charge in [0.2, 0.25) is 11.8 Å². The molecule has 2 heterocycles. The number of para-hydroxylation sites is 1. The molecule has 0 radical (unpaired) electrons. The zero-order chi connectivity index (χ0) is 20.4. The number of hydrogen-bond donors (Lipinski definition) is 3. The molecule has 146 valence electrons. The van der Waals surface area contributed by atoms with Crippen molar-refractivity contribution in [2.24, 2.45) is 0 Å². The summed E-state index contributed by atoms with van der Waals surface area (Å²) in [4.78, 5) is 37.3. The minimum atomic E-state index is -0.986. The van der Waals surface area contributed by atoms with E-state index in [1.54, 1.807) is 55.5 Å². The third-order valence-corrected chi connectivity index (χ3v) is 4.44. The second kappa shape index (κ2) is 7.50. The first kappa shape index (κ1) is 18.3. The fourth-order valence-electron chi connectivity index (χ4n) is 3.04. The Balaban J connectivity index is 1.46. The van der Waals surface area contributed by atoms with Crippen molar-refractivity contribution in [1.82, 2.24) is 25.5 Å². The highest BCUT2D eigenvalue weighted by molar-refractivity contribution is 6.11. The van der Waals surface area contributed by atoms with E-state index >= 15 is 0 Å². The van der Waals surface area contributed by atoms with E-state index in [1.165, 1.54) is 4.68 Å². The van der Waals surface area contributed by atoms with Crippen LogP contribution < -0.4 is 16.0 Å². The average molecular weight is 391 g/mol. The minimum absolute atomic E-state index is 0.209. The second-order valence-electron chi connectivity index (χ2n) is 6.50. The second-order valence-corrected chi connectivity index (χ2v) is 6.50. The van der Waals surface area contributed by atoms with Gasteiger partial charge in [-0.15, -0.1) is 5.10 Å². The molecule has 0 saturated heterocycles. The van der Waals surface area contributed by atoms with Crippen LogP contribution in [0.1, 0.15) is 22.6 Å². The molecule has 0 spiro atoms. The number of carbonyl (C=O) groups excluding carboxylic acids is 3. The number of nitrogens with zero attached hydrogens (tertiary/aromatic N) is 4. The Bertz CT molecular complexity index is 1110. The summed E-state index contributed by atoms with van der Waals surface area (Å²) in [7, 11) is 0. The summed E-state index contributed by atoms with van der Waals surface area (Å²) in [6.45, 7) is 1.76. The van der Waals surface area contributed by atoms with Crippen molar-refractivity contribution >= 4 is 29.1 Å². The number of fused-ring (bicyclic) bond motifs is 1. The maximum absolute atomic E-state index is 12.5. The Kier molecular flexibility index (Phi) is 4.73. The maximum Gasteiger partial charge on any atom is 0.254 e. The van der Waals surface area contributed by atoms with Crippen LogP contribution in [0.3, 0.4) is 0 Å². The highest BCUT2D eigenvalue weighted by atomic mass is 16.2. The molecule has 0 unspecified atom stereocenters. The molecular formula is C19H17N7O3. The third-order valence-electron chi connectivity index (χ3n) is 4.44. The molecule has 29 heavy (non-hydrogen) atoms. The van der Waals surface area contributed by atoms with Gasteiger partial charge in [-0.2, -0.15) is 4.68 Å². The largest absolute Gasteiger partial charge is 0.340 e. The van der Waals surface area contributed by atoms with Gasteiger partial charge in [-0.3, -0.25) is 14.4 Å². The van der Waals surface area contributed by atoms with Gasteiger partial charge in [0, 0.05) is 5.69 Å².